The quantitative estimate of drug-likeness (QED) is 0.619. The summed E-state index contributed by atoms with van der Waals surface area (Å²) in [5.74, 6) is -0.308. The average molecular weight is 393 g/mol. The van der Waals surface area contributed by atoms with Crippen LogP contribution in [0.4, 0.5) is 21.5 Å². The number of sulfone groups is 1. The largest absolute Gasteiger partial charge is 0.379 e. The predicted molar refractivity (Wildman–Crippen MR) is 101 cm³/mol. The molecular weight excluding hydrogens is 373 g/mol. The number of nitro benzene ring substituents is 1. The van der Waals surface area contributed by atoms with Crippen LogP contribution >= 0.6 is 0 Å². The zero-order chi connectivity index (χ0) is 19.6. The Balaban J connectivity index is 1.83. The summed E-state index contributed by atoms with van der Waals surface area (Å²) in [5, 5.41) is 14.2. The Labute approximate surface area is 156 Å². The van der Waals surface area contributed by atoms with Crippen LogP contribution in [-0.4, -0.2) is 38.7 Å². The fraction of sp³-hybridized carbons (Fsp3) is 0.333. The van der Waals surface area contributed by atoms with E-state index in [1.165, 1.54) is 24.3 Å². The van der Waals surface area contributed by atoms with Gasteiger partial charge in [-0.1, -0.05) is 6.07 Å². The Hall–Kier alpha value is -2.68. The summed E-state index contributed by atoms with van der Waals surface area (Å²) in [4.78, 5) is 12.3. The molecule has 3 rings (SSSR count). The molecule has 1 aliphatic heterocycles. The number of nitrogens with one attached hydrogen (secondary N) is 1. The molecule has 144 valence electrons. The second-order valence-electron chi connectivity index (χ2n) is 6.62. The summed E-state index contributed by atoms with van der Waals surface area (Å²) in [6.07, 6.45) is 2.69. The van der Waals surface area contributed by atoms with Gasteiger partial charge in [-0.3, -0.25) is 10.1 Å². The molecule has 1 aliphatic rings. The van der Waals surface area contributed by atoms with E-state index in [1.807, 2.05) is 11.0 Å². The molecule has 0 bridgehead atoms. The minimum absolute atomic E-state index is 0.0658. The first-order valence-electron chi connectivity index (χ1n) is 8.49. The molecule has 2 aromatic carbocycles. The van der Waals surface area contributed by atoms with Crippen molar-refractivity contribution in [3.05, 3.63) is 58.4 Å². The summed E-state index contributed by atoms with van der Waals surface area (Å²) in [6.45, 7) is 1.35. The molecule has 2 aromatic rings. The normalized spacial score (nSPS) is 17.6. The van der Waals surface area contributed by atoms with Crippen LogP contribution in [0, 0.1) is 15.9 Å². The fourth-order valence-electron chi connectivity index (χ4n) is 3.27. The highest BCUT2D eigenvalue weighted by Gasteiger charge is 2.24. The van der Waals surface area contributed by atoms with Crippen LogP contribution in [-0.2, 0) is 9.84 Å². The molecule has 7 nitrogen and oxygen atoms in total. The van der Waals surface area contributed by atoms with Gasteiger partial charge in [0.15, 0.2) is 9.84 Å². The highest BCUT2D eigenvalue weighted by atomic mass is 32.2. The smallest absolute Gasteiger partial charge is 0.270 e. The first-order valence-corrected chi connectivity index (χ1v) is 10.4. The molecule has 1 unspecified atom stereocenters. The standard InChI is InChI=1S/C18H20FN3O4S/c1-27(25,26)18-11-16(22(23)24)7-8-17(18)20-14-5-3-9-21(12-14)15-6-2-4-13(19)10-15/h2,4,6-8,10-11,14,20H,3,5,9,12H2,1H3. The lowest BCUT2D eigenvalue weighted by atomic mass is 10.0. The highest BCUT2D eigenvalue weighted by Crippen LogP contribution is 2.29. The van der Waals surface area contributed by atoms with Crippen LogP contribution in [0.5, 0.6) is 0 Å². The zero-order valence-electron chi connectivity index (χ0n) is 14.8. The highest BCUT2D eigenvalue weighted by molar-refractivity contribution is 7.90. The molecule has 0 saturated carbocycles. The van der Waals surface area contributed by atoms with E-state index in [-0.39, 0.29) is 22.4 Å². The van der Waals surface area contributed by atoms with Crippen LogP contribution in [0.1, 0.15) is 12.8 Å². The summed E-state index contributed by atoms with van der Waals surface area (Å²) >= 11 is 0. The third-order valence-corrected chi connectivity index (χ3v) is 5.67. The number of nitrogens with zero attached hydrogens (tertiary/aromatic N) is 2. The monoisotopic (exact) mass is 393 g/mol. The van der Waals surface area contributed by atoms with E-state index in [0.717, 1.165) is 37.4 Å². The van der Waals surface area contributed by atoms with Gasteiger partial charge < -0.3 is 10.2 Å². The first kappa shape index (κ1) is 19.1. The van der Waals surface area contributed by atoms with Gasteiger partial charge in [0.2, 0.25) is 0 Å². The molecule has 1 N–H and O–H groups in total. The number of halogens is 1. The Kier molecular flexibility index (Phi) is 5.31. The Morgan fingerprint density at radius 2 is 2.04 bits per heavy atom. The molecule has 1 saturated heterocycles. The van der Waals surface area contributed by atoms with E-state index < -0.39 is 14.8 Å². The van der Waals surface area contributed by atoms with E-state index >= 15 is 0 Å². The summed E-state index contributed by atoms with van der Waals surface area (Å²) in [7, 11) is -3.64. The number of hydrogen-bond acceptors (Lipinski definition) is 6. The van der Waals surface area contributed by atoms with Crippen molar-refractivity contribution in [3.8, 4) is 0 Å². The average Bonchev–Trinajstić information content (AvgIpc) is 2.61. The lowest BCUT2D eigenvalue weighted by Crippen LogP contribution is -2.42. The Morgan fingerprint density at radius 1 is 1.26 bits per heavy atom. The van der Waals surface area contributed by atoms with Crippen LogP contribution in [0.3, 0.4) is 0 Å². The minimum atomic E-state index is -3.64. The number of rotatable bonds is 5. The zero-order valence-corrected chi connectivity index (χ0v) is 15.6. The Bertz CT molecular complexity index is 965. The van der Waals surface area contributed by atoms with E-state index in [4.69, 9.17) is 0 Å². The van der Waals surface area contributed by atoms with Crippen molar-refractivity contribution in [2.24, 2.45) is 0 Å². The maximum atomic E-state index is 13.5. The molecule has 0 aromatic heterocycles. The van der Waals surface area contributed by atoms with Crippen LogP contribution in [0.2, 0.25) is 0 Å². The maximum absolute atomic E-state index is 13.5. The Morgan fingerprint density at radius 3 is 2.70 bits per heavy atom. The molecule has 9 heteroatoms. The van der Waals surface area contributed by atoms with Gasteiger partial charge in [-0.25, -0.2) is 12.8 Å². The molecule has 0 spiro atoms. The molecule has 1 heterocycles. The topological polar surface area (TPSA) is 92.5 Å². The second-order valence-corrected chi connectivity index (χ2v) is 8.60. The number of non-ortho nitro benzene ring substituents is 1. The molecule has 27 heavy (non-hydrogen) atoms. The predicted octanol–water partition coefficient (Wildman–Crippen LogP) is 3.22. The van der Waals surface area contributed by atoms with Gasteiger partial charge in [-0.2, -0.15) is 0 Å². The van der Waals surface area contributed by atoms with Crippen molar-refractivity contribution in [3.63, 3.8) is 0 Å². The molecule has 1 atom stereocenters. The van der Waals surface area contributed by atoms with Crippen LogP contribution in [0.15, 0.2) is 47.4 Å². The molecule has 1 fully saturated rings. The lowest BCUT2D eigenvalue weighted by Gasteiger charge is -2.35. The van der Waals surface area contributed by atoms with Crippen molar-refractivity contribution in [2.75, 3.05) is 29.6 Å². The summed E-state index contributed by atoms with van der Waals surface area (Å²) < 4.78 is 37.6. The third-order valence-electron chi connectivity index (χ3n) is 4.53. The molecule has 0 aliphatic carbocycles. The molecule has 0 amide bonds. The number of piperidine rings is 1. The van der Waals surface area contributed by atoms with Crippen molar-refractivity contribution < 1.29 is 17.7 Å². The van der Waals surface area contributed by atoms with E-state index in [1.54, 1.807) is 6.07 Å². The van der Waals surface area contributed by atoms with E-state index in [2.05, 4.69) is 5.32 Å². The number of anilines is 2. The van der Waals surface area contributed by atoms with Gasteiger partial charge >= 0.3 is 0 Å². The minimum Gasteiger partial charge on any atom is -0.379 e. The van der Waals surface area contributed by atoms with Crippen LogP contribution < -0.4 is 10.2 Å². The van der Waals surface area contributed by atoms with Crippen LogP contribution in [0.25, 0.3) is 0 Å². The van der Waals surface area contributed by atoms with Gasteiger partial charge in [0.25, 0.3) is 5.69 Å². The second kappa shape index (κ2) is 7.51. The van der Waals surface area contributed by atoms with E-state index in [0.29, 0.717) is 12.2 Å². The third kappa shape index (κ3) is 4.54. The SMILES string of the molecule is CS(=O)(=O)c1cc([N+](=O)[O-])ccc1NC1CCCN(c2cccc(F)c2)C1. The van der Waals surface area contributed by atoms with Gasteiger partial charge in [0.05, 0.1) is 15.5 Å². The molecular formula is C18H20FN3O4S. The summed E-state index contributed by atoms with van der Waals surface area (Å²) in [6, 6.07) is 10.1. The maximum Gasteiger partial charge on any atom is 0.270 e. The van der Waals surface area contributed by atoms with Crippen molar-refractivity contribution in [2.45, 2.75) is 23.8 Å². The summed E-state index contributed by atoms with van der Waals surface area (Å²) in [5.41, 5.74) is 0.841. The van der Waals surface area contributed by atoms with Gasteiger partial charge in [0, 0.05) is 43.2 Å². The van der Waals surface area contributed by atoms with Gasteiger partial charge in [0.1, 0.15) is 5.82 Å². The number of benzene rings is 2. The fourth-order valence-corrected chi connectivity index (χ4v) is 4.13. The van der Waals surface area contributed by atoms with Gasteiger partial charge in [-0.15, -0.1) is 0 Å². The number of nitro groups is 1. The van der Waals surface area contributed by atoms with Gasteiger partial charge in [-0.05, 0) is 37.1 Å². The first-order chi connectivity index (χ1) is 12.7. The van der Waals surface area contributed by atoms with Crippen molar-refractivity contribution >= 4 is 26.9 Å². The number of hydrogen-bond donors (Lipinski definition) is 1. The van der Waals surface area contributed by atoms with Crippen molar-refractivity contribution in [1.29, 1.82) is 0 Å². The van der Waals surface area contributed by atoms with Crippen molar-refractivity contribution in [1.82, 2.24) is 0 Å². The molecule has 0 radical (unpaired) electrons. The lowest BCUT2D eigenvalue weighted by molar-refractivity contribution is -0.385. The van der Waals surface area contributed by atoms with E-state index in [9.17, 15) is 22.9 Å².